The monoisotopic (exact) mass is 343 g/mol. The van der Waals surface area contributed by atoms with E-state index in [-0.39, 0.29) is 17.3 Å². The Bertz CT molecular complexity index is 970. The summed E-state index contributed by atoms with van der Waals surface area (Å²) in [6, 6.07) is 5.99. The predicted molar refractivity (Wildman–Crippen MR) is 85.6 cm³/mol. The molecule has 0 saturated heterocycles. The molecule has 1 N–H and O–H groups in total. The van der Waals surface area contributed by atoms with Crippen LogP contribution in [0.2, 0.25) is 0 Å². The van der Waals surface area contributed by atoms with Gasteiger partial charge in [-0.2, -0.15) is 4.98 Å². The Balaban J connectivity index is 1.61. The molecule has 1 amide bonds. The van der Waals surface area contributed by atoms with Gasteiger partial charge in [0.15, 0.2) is 6.61 Å². The molecule has 0 atom stereocenters. The first-order chi connectivity index (χ1) is 11.9. The third-order valence-electron chi connectivity index (χ3n) is 3.40. The maximum Gasteiger partial charge on any atom is 0.378 e. The molecular formula is C16H14FN5O3. The van der Waals surface area contributed by atoms with Gasteiger partial charge in [-0.15, -0.1) is 5.10 Å². The van der Waals surface area contributed by atoms with Crippen molar-refractivity contribution in [3.8, 4) is 0 Å². The minimum absolute atomic E-state index is 0.198. The van der Waals surface area contributed by atoms with E-state index in [9.17, 15) is 14.0 Å². The molecule has 0 aliphatic carbocycles. The fourth-order valence-corrected chi connectivity index (χ4v) is 2.06. The van der Waals surface area contributed by atoms with Crippen LogP contribution in [-0.4, -0.2) is 38.1 Å². The molecule has 128 valence electrons. The zero-order valence-electron chi connectivity index (χ0n) is 13.5. The van der Waals surface area contributed by atoms with E-state index in [0.717, 1.165) is 5.69 Å². The summed E-state index contributed by atoms with van der Waals surface area (Å²) in [7, 11) is 0. The van der Waals surface area contributed by atoms with Crippen LogP contribution in [0.5, 0.6) is 0 Å². The molecule has 3 aromatic rings. The number of fused-ring (bicyclic) bond motifs is 1. The second kappa shape index (κ2) is 6.63. The van der Waals surface area contributed by atoms with Gasteiger partial charge in [-0.25, -0.2) is 18.7 Å². The second-order valence-corrected chi connectivity index (χ2v) is 5.32. The number of hydrogen-bond acceptors (Lipinski definition) is 6. The highest BCUT2D eigenvalue weighted by Crippen LogP contribution is 2.13. The molecule has 0 radical (unpaired) electrons. The number of nitrogens with one attached hydrogen (secondary N) is 1. The summed E-state index contributed by atoms with van der Waals surface area (Å²) >= 11 is 0. The van der Waals surface area contributed by atoms with Crippen LogP contribution in [0, 0.1) is 19.7 Å². The smallest absolute Gasteiger partial charge is 0.378 e. The Kier molecular flexibility index (Phi) is 4.38. The van der Waals surface area contributed by atoms with Crippen LogP contribution in [0.25, 0.3) is 5.78 Å². The van der Waals surface area contributed by atoms with Crippen molar-refractivity contribution in [1.29, 1.82) is 0 Å². The molecule has 2 heterocycles. The van der Waals surface area contributed by atoms with Crippen molar-refractivity contribution in [2.24, 2.45) is 0 Å². The van der Waals surface area contributed by atoms with Crippen molar-refractivity contribution in [1.82, 2.24) is 19.6 Å². The van der Waals surface area contributed by atoms with Gasteiger partial charge in [-0.3, -0.25) is 4.79 Å². The first kappa shape index (κ1) is 16.5. The van der Waals surface area contributed by atoms with Crippen LogP contribution in [0.15, 0.2) is 30.5 Å². The van der Waals surface area contributed by atoms with Gasteiger partial charge < -0.3 is 10.1 Å². The molecule has 0 bridgehead atoms. The van der Waals surface area contributed by atoms with E-state index in [1.54, 1.807) is 32.2 Å². The summed E-state index contributed by atoms with van der Waals surface area (Å²) in [6.45, 7) is 2.85. The average molecular weight is 343 g/mol. The fraction of sp³-hybridized carbons (Fsp3) is 0.188. The van der Waals surface area contributed by atoms with Crippen LogP contribution < -0.4 is 5.32 Å². The lowest BCUT2D eigenvalue weighted by molar-refractivity contribution is -0.119. The van der Waals surface area contributed by atoms with Crippen molar-refractivity contribution < 1.29 is 18.7 Å². The molecule has 1 aromatic carbocycles. The highest BCUT2D eigenvalue weighted by molar-refractivity contribution is 5.94. The standard InChI is InChI=1S/C16H14FN5O3/c1-9-3-4-11(7-12(9)17)19-13(23)8-25-15(24)14-20-16-18-6-5-10(2)22(16)21-14/h3-7H,8H2,1-2H3,(H,19,23). The summed E-state index contributed by atoms with van der Waals surface area (Å²) in [4.78, 5) is 31.7. The third kappa shape index (κ3) is 3.60. The molecule has 25 heavy (non-hydrogen) atoms. The van der Waals surface area contributed by atoms with Crippen LogP contribution >= 0.6 is 0 Å². The summed E-state index contributed by atoms with van der Waals surface area (Å²) in [5.41, 5.74) is 1.48. The Morgan fingerprint density at radius 2 is 2.08 bits per heavy atom. The number of aryl methyl sites for hydroxylation is 2. The van der Waals surface area contributed by atoms with E-state index in [4.69, 9.17) is 4.74 Å². The molecule has 0 aliphatic heterocycles. The minimum Gasteiger partial charge on any atom is -0.450 e. The number of esters is 1. The van der Waals surface area contributed by atoms with Gasteiger partial charge in [-0.05, 0) is 37.6 Å². The normalized spacial score (nSPS) is 10.7. The van der Waals surface area contributed by atoms with Crippen molar-refractivity contribution in [3.05, 3.63) is 53.4 Å². The minimum atomic E-state index is -0.852. The highest BCUT2D eigenvalue weighted by atomic mass is 19.1. The number of nitrogens with zero attached hydrogens (tertiary/aromatic N) is 4. The first-order valence-corrected chi connectivity index (χ1v) is 7.35. The van der Waals surface area contributed by atoms with E-state index in [0.29, 0.717) is 5.56 Å². The molecule has 9 heteroatoms. The van der Waals surface area contributed by atoms with Gasteiger partial charge in [0.2, 0.25) is 0 Å². The van der Waals surface area contributed by atoms with Gasteiger partial charge in [0.1, 0.15) is 5.82 Å². The molecule has 0 saturated carbocycles. The Morgan fingerprint density at radius 1 is 1.28 bits per heavy atom. The predicted octanol–water partition coefficient (Wildman–Crippen LogP) is 1.68. The highest BCUT2D eigenvalue weighted by Gasteiger charge is 2.17. The van der Waals surface area contributed by atoms with Gasteiger partial charge in [-0.1, -0.05) is 6.07 Å². The number of ether oxygens (including phenoxy) is 1. The number of aromatic nitrogens is 4. The van der Waals surface area contributed by atoms with E-state index in [1.807, 2.05) is 0 Å². The number of amides is 1. The van der Waals surface area contributed by atoms with E-state index >= 15 is 0 Å². The van der Waals surface area contributed by atoms with Crippen LogP contribution in [-0.2, 0) is 9.53 Å². The average Bonchev–Trinajstić information content (AvgIpc) is 3.02. The molecule has 0 spiro atoms. The summed E-state index contributed by atoms with van der Waals surface area (Å²) in [5.74, 6) is -1.83. The number of rotatable bonds is 4. The number of hydrogen-bond donors (Lipinski definition) is 1. The maximum absolute atomic E-state index is 13.4. The Morgan fingerprint density at radius 3 is 2.80 bits per heavy atom. The van der Waals surface area contributed by atoms with Gasteiger partial charge in [0, 0.05) is 17.6 Å². The van der Waals surface area contributed by atoms with Crippen LogP contribution in [0.1, 0.15) is 21.9 Å². The lowest BCUT2D eigenvalue weighted by Crippen LogP contribution is -2.21. The number of benzene rings is 1. The first-order valence-electron chi connectivity index (χ1n) is 7.35. The van der Waals surface area contributed by atoms with E-state index in [2.05, 4.69) is 20.4 Å². The van der Waals surface area contributed by atoms with Crippen molar-refractivity contribution >= 4 is 23.3 Å². The van der Waals surface area contributed by atoms with Gasteiger partial charge >= 0.3 is 5.97 Å². The maximum atomic E-state index is 13.4. The molecule has 0 aliphatic rings. The SMILES string of the molecule is Cc1ccc(NC(=O)COC(=O)c2nc3nccc(C)n3n2)cc1F. The summed E-state index contributed by atoms with van der Waals surface area (Å²) in [6.07, 6.45) is 1.54. The van der Waals surface area contributed by atoms with Crippen LogP contribution in [0.4, 0.5) is 10.1 Å². The molecule has 0 unspecified atom stereocenters. The molecule has 0 fully saturated rings. The molecule has 2 aromatic heterocycles. The number of anilines is 1. The van der Waals surface area contributed by atoms with E-state index in [1.165, 1.54) is 16.6 Å². The topological polar surface area (TPSA) is 98.5 Å². The fourth-order valence-electron chi connectivity index (χ4n) is 2.06. The van der Waals surface area contributed by atoms with Gasteiger partial charge in [0.05, 0.1) is 0 Å². The molecule has 8 nitrogen and oxygen atoms in total. The Labute approximate surface area is 141 Å². The quantitative estimate of drug-likeness (QED) is 0.724. The van der Waals surface area contributed by atoms with Gasteiger partial charge in [0.25, 0.3) is 17.5 Å². The number of halogens is 1. The zero-order chi connectivity index (χ0) is 18.0. The summed E-state index contributed by atoms with van der Waals surface area (Å²) < 4.78 is 19.7. The molecular weight excluding hydrogens is 329 g/mol. The van der Waals surface area contributed by atoms with Crippen molar-refractivity contribution in [2.75, 3.05) is 11.9 Å². The largest absolute Gasteiger partial charge is 0.450 e. The Hall–Kier alpha value is -3.36. The zero-order valence-corrected chi connectivity index (χ0v) is 13.5. The van der Waals surface area contributed by atoms with Crippen LogP contribution in [0.3, 0.4) is 0 Å². The van der Waals surface area contributed by atoms with Crippen molar-refractivity contribution in [2.45, 2.75) is 13.8 Å². The van der Waals surface area contributed by atoms with Crippen molar-refractivity contribution in [3.63, 3.8) is 0 Å². The third-order valence-corrected chi connectivity index (χ3v) is 3.40. The number of carbonyl (C=O) groups excluding carboxylic acids is 2. The molecule has 3 rings (SSSR count). The summed E-state index contributed by atoms with van der Waals surface area (Å²) in [5, 5.41) is 6.42. The second-order valence-electron chi connectivity index (χ2n) is 5.32. The lowest BCUT2D eigenvalue weighted by Gasteiger charge is -2.06. The number of carbonyl (C=O) groups is 2. The van der Waals surface area contributed by atoms with E-state index < -0.39 is 24.3 Å². The lowest BCUT2D eigenvalue weighted by atomic mass is 10.2.